The van der Waals surface area contributed by atoms with Crippen LogP contribution in [0.4, 0.5) is 4.79 Å². The molecule has 3 fully saturated rings. The Kier molecular flexibility index (Phi) is 4.54. The molecule has 3 aliphatic heterocycles. The van der Waals surface area contributed by atoms with Crippen LogP contribution in [0.2, 0.25) is 0 Å². The summed E-state index contributed by atoms with van der Waals surface area (Å²) in [7, 11) is 0. The van der Waals surface area contributed by atoms with Crippen LogP contribution in [0.3, 0.4) is 0 Å². The zero-order chi connectivity index (χ0) is 16.6. The highest BCUT2D eigenvalue weighted by Crippen LogP contribution is 2.32. The van der Waals surface area contributed by atoms with Crippen molar-refractivity contribution in [2.75, 3.05) is 26.3 Å². The minimum absolute atomic E-state index is 0.0369. The molecule has 0 radical (unpaired) electrons. The fraction of sp³-hybridized carbons (Fsp3) is 0.882. The first-order chi connectivity index (χ1) is 10.8. The minimum atomic E-state index is -0.475. The maximum Gasteiger partial charge on any atom is 0.410 e. The molecule has 2 amide bonds. The summed E-state index contributed by atoms with van der Waals surface area (Å²) in [6.45, 7) is 8.17. The van der Waals surface area contributed by atoms with Gasteiger partial charge in [-0.1, -0.05) is 0 Å². The van der Waals surface area contributed by atoms with Crippen LogP contribution in [-0.2, 0) is 14.3 Å². The molecule has 130 valence electrons. The summed E-state index contributed by atoms with van der Waals surface area (Å²) in [5.74, 6) is 0.305. The number of likely N-dealkylation sites (tertiary alicyclic amines) is 1. The van der Waals surface area contributed by atoms with Crippen molar-refractivity contribution < 1.29 is 19.1 Å². The van der Waals surface area contributed by atoms with Gasteiger partial charge in [-0.05, 0) is 46.5 Å². The van der Waals surface area contributed by atoms with E-state index in [1.54, 1.807) is 4.90 Å². The molecule has 23 heavy (non-hydrogen) atoms. The van der Waals surface area contributed by atoms with Gasteiger partial charge >= 0.3 is 6.09 Å². The quantitative estimate of drug-likeness (QED) is 0.740. The highest BCUT2D eigenvalue weighted by Gasteiger charge is 2.43. The van der Waals surface area contributed by atoms with Crippen molar-refractivity contribution in [2.24, 2.45) is 5.92 Å². The number of fused-ring (bicyclic) bond motifs is 2. The molecule has 0 aromatic rings. The maximum absolute atomic E-state index is 12.9. The van der Waals surface area contributed by atoms with E-state index in [0.717, 1.165) is 25.7 Å². The number of morpholine rings is 1. The monoisotopic (exact) mass is 324 g/mol. The normalized spacial score (nSPS) is 28.8. The second-order valence-corrected chi connectivity index (χ2v) is 7.91. The average molecular weight is 324 g/mol. The molecule has 0 aliphatic carbocycles. The van der Waals surface area contributed by atoms with Crippen molar-refractivity contribution in [3.63, 3.8) is 0 Å². The topological polar surface area (TPSA) is 59.1 Å². The fourth-order valence-corrected chi connectivity index (χ4v) is 3.83. The Balaban J connectivity index is 1.53. The molecule has 2 unspecified atom stereocenters. The van der Waals surface area contributed by atoms with E-state index >= 15 is 0 Å². The number of carbonyl (C=O) groups is 2. The zero-order valence-electron chi connectivity index (χ0n) is 14.4. The van der Waals surface area contributed by atoms with Crippen LogP contribution < -0.4 is 0 Å². The molecule has 3 saturated heterocycles. The van der Waals surface area contributed by atoms with Crippen LogP contribution in [0, 0.1) is 5.92 Å². The van der Waals surface area contributed by atoms with Crippen molar-refractivity contribution in [1.29, 1.82) is 0 Å². The summed E-state index contributed by atoms with van der Waals surface area (Å²) in [5.41, 5.74) is -0.475. The van der Waals surface area contributed by atoms with Crippen LogP contribution in [0.15, 0.2) is 0 Å². The third-order valence-corrected chi connectivity index (χ3v) is 4.99. The second kappa shape index (κ2) is 6.30. The minimum Gasteiger partial charge on any atom is -0.444 e. The summed E-state index contributed by atoms with van der Waals surface area (Å²) in [4.78, 5) is 28.8. The largest absolute Gasteiger partial charge is 0.444 e. The van der Waals surface area contributed by atoms with Gasteiger partial charge in [-0.25, -0.2) is 4.79 Å². The van der Waals surface area contributed by atoms with Crippen molar-refractivity contribution in [2.45, 2.75) is 64.1 Å². The summed E-state index contributed by atoms with van der Waals surface area (Å²) < 4.78 is 11.0. The molecule has 6 heteroatoms. The molecule has 0 aromatic carbocycles. The number of nitrogens with zero attached hydrogens (tertiary/aromatic N) is 2. The van der Waals surface area contributed by atoms with Gasteiger partial charge in [0, 0.05) is 19.0 Å². The van der Waals surface area contributed by atoms with Crippen molar-refractivity contribution in [3.05, 3.63) is 0 Å². The van der Waals surface area contributed by atoms with Crippen molar-refractivity contribution in [1.82, 2.24) is 9.80 Å². The fourth-order valence-electron chi connectivity index (χ4n) is 3.83. The lowest BCUT2D eigenvalue weighted by molar-refractivity contribution is -0.147. The first-order valence-electron chi connectivity index (χ1n) is 8.73. The molecular formula is C17H28N2O4. The smallest absolute Gasteiger partial charge is 0.410 e. The Morgan fingerprint density at radius 1 is 1.00 bits per heavy atom. The van der Waals surface area contributed by atoms with Crippen molar-refractivity contribution >= 4 is 12.0 Å². The third kappa shape index (κ3) is 3.62. The summed E-state index contributed by atoms with van der Waals surface area (Å²) in [5, 5.41) is 0. The third-order valence-electron chi connectivity index (χ3n) is 4.99. The van der Waals surface area contributed by atoms with E-state index in [1.165, 1.54) is 0 Å². The first kappa shape index (κ1) is 16.6. The standard InChI is InChI=1S/C17H28N2O4/c1-17(2,3)23-16(21)18-8-6-12(7-9-18)15(20)19-13-4-5-14(19)11-22-10-13/h12-14H,4-11H2,1-3H3. The first-order valence-corrected chi connectivity index (χ1v) is 8.73. The van der Waals surface area contributed by atoms with E-state index in [0.29, 0.717) is 26.3 Å². The van der Waals surface area contributed by atoms with Crippen LogP contribution in [-0.4, -0.2) is 65.8 Å². The number of amides is 2. The van der Waals surface area contributed by atoms with Crippen LogP contribution in [0.25, 0.3) is 0 Å². The molecule has 0 spiro atoms. The van der Waals surface area contributed by atoms with E-state index in [-0.39, 0.29) is 30.0 Å². The number of piperidine rings is 1. The van der Waals surface area contributed by atoms with Gasteiger partial charge in [-0.3, -0.25) is 4.79 Å². The molecular weight excluding hydrogens is 296 g/mol. The van der Waals surface area contributed by atoms with Gasteiger partial charge < -0.3 is 19.3 Å². The zero-order valence-corrected chi connectivity index (χ0v) is 14.4. The van der Waals surface area contributed by atoms with Gasteiger partial charge in [0.25, 0.3) is 0 Å². The summed E-state index contributed by atoms with van der Waals surface area (Å²) >= 11 is 0. The van der Waals surface area contributed by atoms with E-state index in [2.05, 4.69) is 4.90 Å². The Morgan fingerprint density at radius 3 is 2.09 bits per heavy atom. The predicted octanol–water partition coefficient (Wildman–Crippen LogP) is 2.02. The van der Waals surface area contributed by atoms with Crippen LogP contribution in [0.5, 0.6) is 0 Å². The molecule has 2 bridgehead atoms. The second-order valence-electron chi connectivity index (χ2n) is 7.91. The maximum atomic E-state index is 12.9. The lowest BCUT2D eigenvalue weighted by atomic mass is 9.94. The van der Waals surface area contributed by atoms with E-state index in [1.807, 2.05) is 20.8 Å². The number of rotatable bonds is 1. The number of ether oxygens (including phenoxy) is 2. The lowest BCUT2D eigenvalue weighted by Crippen LogP contribution is -2.53. The number of hydrogen-bond acceptors (Lipinski definition) is 4. The molecule has 3 rings (SSSR count). The van der Waals surface area contributed by atoms with Gasteiger partial charge in [0.15, 0.2) is 0 Å². The Labute approximate surface area is 138 Å². The van der Waals surface area contributed by atoms with Gasteiger partial charge in [0.1, 0.15) is 5.60 Å². The summed E-state index contributed by atoms with van der Waals surface area (Å²) in [6, 6.07) is 0.537. The molecule has 3 heterocycles. The summed E-state index contributed by atoms with van der Waals surface area (Å²) in [6.07, 6.45) is 3.32. The Morgan fingerprint density at radius 2 is 1.57 bits per heavy atom. The lowest BCUT2D eigenvalue weighted by Gasteiger charge is -2.39. The predicted molar refractivity (Wildman–Crippen MR) is 85.0 cm³/mol. The molecule has 6 nitrogen and oxygen atoms in total. The molecule has 0 saturated carbocycles. The van der Waals surface area contributed by atoms with Gasteiger partial charge in [0.05, 0.1) is 25.3 Å². The number of hydrogen-bond donors (Lipinski definition) is 0. The highest BCUT2D eigenvalue weighted by atomic mass is 16.6. The van der Waals surface area contributed by atoms with Crippen molar-refractivity contribution in [3.8, 4) is 0 Å². The van der Waals surface area contributed by atoms with E-state index in [9.17, 15) is 9.59 Å². The Hall–Kier alpha value is -1.30. The van der Waals surface area contributed by atoms with E-state index in [4.69, 9.17) is 9.47 Å². The Bertz CT molecular complexity index is 450. The van der Waals surface area contributed by atoms with E-state index < -0.39 is 5.60 Å². The van der Waals surface area contributed by atoms with Crippen LogP contribution in [0.1, 0.15) is 46.5 Å². The highest BCUT2D eigenvalue weighted by molar-refractivity contribution is 5.80. The van der Waals surface area contributed by atoms with Gasteiger partial charge in [0.2, 0.25) is 5.91 Å². The van der Waals surface area contributed by atoms with Crippen LogP contribution >= 0.6 is 0 Å². The molecule has 0 aromatic heterocycles. The SMILES string of the molecule is CC(C)(C)OC(=O)N1CCC(C(=O)N2C3CCC2COC3)CC1. The molecule has 0 N–H and O–H groups in total. The van der Waals surface area contributed by atoms with Gasteiger partial charge in [-0.15, -0.1) is 0 Å². The molecule has 2 atom stereocenters. The van der Waals surface area contributed by atoms with Gasteiger partial charge in [-0.2, -0.15) is 0 Å². The average Bonchev–Trinajstić information content (AvgIpc) is 2.74. The molecule has 3 aliphatic rings. The number of carbonyl (C=O) groups excluding carboxylic acids is 2.